The van der Waals surface area contributed by atoms with Gasteiger partial charge in [0, 0.05) is 11.9 Å². The summed E-state index contributed by atoms with van der Waals surface area (Å²) in [5.74, 6) is 2.37. The quantitative estimate of drug-likeness (QED) is 0.278. The Kier molecular flexibility index (Phi) is 9.58. The fraction of sp³-hybridized carbons (Fsp3) is 0.412. The largest absolute Gasteiger partial charge is 0.497 e. The Bertz CT molecular complexity index is 654. The number of aromatic nitrogens is 1. The van der Waals surface area contributed by atoms with Gasteiger partial charge in [0.2, 0.25) is 0 Å². The van der Waals surface area contributed by atoms with Gasteiger partial charge >= 0.3 is 0 Å². The Morgan fingerprint density at radius 1 is 1.16 bits per heavy atom. The highest BCUT2D eigenvalue weighted by molar-refractivity contribution is 14.0. The Morgan fingerprint density at radius 3 is 2.40 bits per heavy atom. The SMILES string of the molecule is CN=C(NCCOc1ccc(OC)cc1)NCc1nc(C)c(C)s1.I. The molecule has 0 bridgehead atoms. The molecule has 6 nitrogen and oxygen atoms in total. The van der Waals surface area contributed by atoms with Crippen LogP contribution in [0.25, 0.3) is 0 Å². The maximum atomic E-state index is 5.67. The Balaban J connectivity index is 0.00000312. The van der Waals surface area contributed by atoms with Crippen LogP contribution in [-0.4, -0.2) is 38.3 Å². The fourth-order valence-electron chi connectivity index (χ4n) is 2.00. The van der Waals surface area contributed by atoms with Crippen LogP contribution in [0.4, 0.5) is 0 Å². The van der Waals surface area contributed by atoms with Gasteiger partial charge in [-0.1, -0.05) is 0 Å². The minimum atomic E-state index is 0. The van der Waals surface area contributed by atoms with E-state index in [-0.39, 0.29) is 24.0 Å². The van der Waals surface area contributed by atoms with Crippen molar-refractivity contribution in [2.45, 2.75) is 20.4 Å². The molecular weight excluding hydrogens is 451 g/mol. The molecule has 0 aliphatic heterocycles. The zero-order valence-corrected chi connectivity index (χ0v) is 18.1. The highest BCUT2D eigenvalue weighted by Gasteiger charge is 2.04. The van der Waals surface area contributed by atoms with Gasteiger partial charge in [-0.05, 0) is 38.1 Å². The molecule has 138 valence electrons. The molecule has 1 aromatic heterocycles. The number of nitrogens with zero attached hydrogens (tertiary/aromatic N) is 2. The minimum Gasteiger partial charge on any atom is -0.497 e. The molecule has 2 N–H and O–H groups in total. The van der Waals surface area contributed by atoms with E-state index in [0.717, 1.165) is 28.2 Å². The first-order chi connectivity index (χ1) is 11.6. The summed E-state index contributed by atoms with van der Waals surface area (Å²) in [6.07, 6.45) is 0. The lowest BCUT2D eigenvalue weighted by Gasteiger charge is -2.12. The van der Waals surface area contributed by atoms with Crippen molar-refractivity contribution in [2.75, 3.05) is 27.3 Å². The fourth-order valence-corrected chi connectivity index (χ4v) is 2.88. The first kappa shape index (κ1) is 21.5. The number of benzene rings is 1. The van der Waals surface area contributed by atoms with Gasteiger partial charge in [-0.25, -0.2) is 4.98 Å². The van der Waals surface area contributed by atoms with Crippen LogP contribution in [0.3, 0.4) is 0 Å². The number of guanidine groups is 1. The van der Waals surface area contributed by atoms with Crippen LogP contribution in [0.1, 0.15) is 15.6 Å². The van der Waals surface area contributed by atoms with Crippen molar-refractivity contribution in [1.82, 2.24) is 15.6 Å². The van der Waals surface area contributed by atoms with Crippen LogP contribution in [0.15, 0.2) is 29.3 Å². The van der Waals surface area contributed by atoms with Crippen molar-refractivity contribution in [3.05, 3.63) is 39.8 Å². The Hall–Kier alpha value is -1.55. The van der Waals surface area contributed by atoms with E-state index in [1.165, 1.54) is 4.88 Å². The molecule has 0 saturated carbocycles. The molecule has 0 unspecified atom stereocenters. The first-order valence-electron chi connectivity index (χ1n) is 7.76. The molecule has 0 amide bonds. The molecule has 2 aromatic rings. The summed E-state index contributed by atoms with van der Waals surface area (Å²) in [5.41, 5.74) is 1.09. The van der Waals surface area contributed by atoms with Crippen molar-refractivity contribution in [2.24, 2.45) is 4.99 Å². The number of halogens is 1. The third-order valence-electron chi connectivity index (χ3n) is 3.43. The number of ether oxygens (including phenoxy) is 2. The topological polar surface area (TPSA) is 67.8 Å². The maximum absolute atomic E-state index is 5.67. The second-order valence-electron chi connectivity index (χ2n) is 5.13. The molecule has 0 atom stereocenters. The molecule has 2 rings (SSSR count). The number of nitrogens with one attached hydrogen (secondary N) is 2. The lowest BCUT2D eigenvalue weighted by Crippen LogP contribution is -2.38. The van der Waals surface area contributed by atoms with Gasteiger partial charge in [0.15, 0.2) is 5.96 Å². The van der Waals surface area contributed by atoms with E-state index in [1.807, 2.05) is 31.2 Å². The van der Waals surface area contributed by atoms with Gasteiger partial charge in [-0.3, -0.25) is 4.99 Å². The lowest BCUT2D eigenvalue weighted by atomic mass is 10.3. The van der Waals surface area contributed by atoms with Crippen LogP contribution in [-0.2, 0) is 6.54 Å². The summed E-state index contributed by atoms with van der Waals surface area (Å²) < 4.78 is 10.8. The van der Waals surface area contributed by atoms with E-state index in [4.69, 9.17) is 9.47 Å². The summed E-state index contributed by atoms with van der Waals surface area (Å²) in [4.78, 5) is 9.96. The number of rotatable bonds is 7. The van der Waals surface area contributed by atoms with E-state index in [9.17, 15) is 0 Å². The Labute approximate surface area is 170 Å². The predicted molar refractivity (Wildman–Crippen MR) is 114 cm³/mol. The highest BCUT2D eigenvalue weighted by Crippen LogP contribution is 2.17. The zero-order chi connectivity index (χ0) is 17.4. The van der Waals surface area contributed by atoms with E-state index >= 15 is 0 Å². The molecule has 0 spiro atoms. The average molecular weight is 476 g/mol. The first-order valence-corrected chi connectivity index (χ1v) is 8.58. The highest BCUT2D eigenvalue weighted by atomic mass is 127. The monoisotopic (exact) mass is 476 g/mol. The zero-order valence-electron chi connectivity index (χ0n) is 15.0. The van der Waals surface area contributed by atoms with E-state index in [1.54, 1.807) is 25.5 Å². The molecule has 0 aliphatic carbocycles. The standard InChI is InChI=1S/C17H24N4O2S.HI/c1-12-13(2)24-16(21-12)11-20-17(18-3)19-9-10-23-15-7-5-14(22-4)6-8-15;/h5-8H,9-11H2,1-4H3,(H2,18,19,20);1H. The second kappa shape index (κ2) is 11.1. The molecule has 0 radical (unpaired) electrons. The van der Waals surface area contributed by atoms with Crippen molar-refractivity contribution >= 4 is 41.3 Å². The summed E-state index contributed by atoms with van der Waals surface area (Å²) in [6, 6.07) is 7.53. The van der Waals surface area contributed by atoms with Gasteiger partial charge in [0.05, 0.1) is 25.9 Å². The summed E-state index contributed by atoms with van der Waals surface area (Å²) in [6.45, 7) is 5.97. The average Bonchev–Trinajstić information content (AvgIpc) is 2.93. The number of aryl methyl sites for hydroxylation is 2. The second-order valence-corrected chi connectivity index (χ2v) is 6.41. The third-order valence-corrected chi connectivity index (χ3v) is 4.50. The summed E-state index contributed by atoms with van der Waals surface area (Å²) in [5, 5.41) is 7.53. The maximum Gasteiger partial charge on any atom is 0.191 e. The van der Waals surface area contributed by atoms with Gasteiger partial charge in [-0.2, -0.15) is 0 Å². The van der Waals surface area contributed by atoms with Gasteiger partial charge in [-0.15, -0.1) is 35.3 Å². The molecule has 25 heavy (non-hydrogen) atoms. The van der Waals surface area contributed by atoms with Crippen LogP contribution in [0.2, 0.25) is 0 Å². The van der Waals surface area contributed by atoms with E-state index < -0.39 is 0 Å². The normalized spacial score (nSPS) is 10.8. The molecular formula is C17H25IN4O2S. The molecule has 0 fully saturated rings. The van der Waals surface area contributed by atoms with Crippen LogP contribution < -0.4 is 20.1 Å². The van der Waals surface area contributed by atoms with Crippen molar-refractivity contribution in [3.8, 4) is 11.5 Å². The third kappa shape index (κ3) is 7.07. The lowest BCUT2D eigenvalue weighted by molar-refractivity contribution is 0.321. The van der Waals surface area contributed by atoms with Crippen LogP contribution in [0.5, 0.6) is 11.5 Å². The van der Waals surface area contributed by atoms with Gasteiger partial charge in [0.1, 0.15) is 23.1 Å². The van der Waals surface area contributed by atoms with Crippen molar-refractivity contribution in [3.63, 3.8) is 0 Å². The number of methoxy groups -OCH3 is 1. The van der Waals surface area contributed by atoms with Crippen molar-refractivity contribution in [1.29, 1.82) is 0 Å². The van der Waals surface area contributed by atoms with Crippen LogP contribution >= 0.6 is 35.3 Å². The van der Waals surface area contributed by atoms with Crippen LogP contribution in [0, 0.1) is 13.8 Å². The smallest absolute Gasteiger partial charge is 0.191 e. The molecule has 1 heterocycles. The molecule has 0 saturated heterocycles. The number of hydrogen-bond donors (Lipinski definition) is 2. The van der Waals surface area contributed by atoms with E-state index in [2.05, 4.69) is 27.5 Å². The Morgan fingerprint density at radius 2 is 1.84 bits per heavy atom. The predicted octanol–water partition coefficient (Wildman–Crippen LogP) is 3.13. The molecule has 0 aliphatic rings. The van der Waals surface area contributed by atoms with Gasteiger partial charge in [0.25, 0.3) is 0 Å². The summed E-state index contributed by atoms with van der Waals surface area (Å²) in [7, 11) is 3.39. The minimum absolute atomic E-state index is 0. The number of thiazole rings is 1. The van der Waals surface area contributed by atoms with E-state index in [0.29, 0.717) is 19.7 Å². The number of hydrogen-bond acceptors (Lipinski definition) is 5. The number of aliphatic imine (C=N–C) groups is 1. The molecule has 1 aromatic carbocycles. The molecule has 8 heteroatoms. The van der Waals surface area contributed by atoms with Gasteiger partial charge < -0.3 is 20.1 Å². The summed E-state index contributed by atoms with van der Waals surface area (Å²) >= 11 is 1.70. The van der Waals surface area contributed by atoms with Crippen molar-refractivity contribution < 1.29 is 9.47 Å².